The lowest BCUT2D eigenvalue weighted by Crippen LogP contribution is -2.31. The van der Waals surface area contributed by atoms with Crippen LogP contribution in [0.2, 0.25) is 0 Å². The third-order valence-corrected chi connectivity index (χ3v) is 3.27. The molecule has 0 aromatic heterocycles. The Labute approximate surface area is 136 Å². The van der Waals surface area contributed by atoms with E-state index < -0.39 is 40.5 Å². The second-order valence-corrected chi connectivity index (χ2v) is 4.98. The van der Waals surface area contributed by atoms with Crippen molar-refractivity contribution in [1.82, 2.24) is 4.90 Å². The first-order valence-electron chi connectivity index (χ1n) is 6.93. The number of amides is 1. The average Bonchev–Trinajstić information content (AvgIpc) is 2.55. The number of rotatable bonds is 6. The van der Waals surface area contributed by atoms with E-state index in [2.05, 4.69) is 0 Å². The number of carbonyl (C=O) groups excluding carboxylic acids is 1. The predicted octanol–water partition coefficient (Wildman–Crippen LogP) is 2.91. The fourth-order valence-electron chi connectivity index (χ4n) is 2.00. The third-order valence-electron chi connectivity index (χ3n) is 3.27. The molecule has 0 radical (unpaired) electrons. The van der Waals surface area contributed by atoms with E-state index >= 15 is 0 Å². The van der Waals surface area contributed by atoms with Crippen LogP contribution in [0.3, 0.4) is 0 Å². The molecule has 0 saturated carbocycles. The largest absolute Gasteiger partial charge is 0.475 e. The van der Waals surface area contributed by atoms with Crippen LogP contribution in [0, 0.1) is 21.7 Å². The van der Waals surface area contributed by atoms with Gasteiger partial charge in [0.05, 0.1) is 4.92 Å². The average molecular weight is 336 g/mol. The maximum absolute atomic E-state index is 13.7. The molecule has 0 fully saturated rings. The molecular weight excluding hydrogens is 322 g/mol. The Balaban J connectivity index is 2.03. The van der Waals surface area contributed by atoms with Crippen molar-refractivity contribution < 1.29 is 23.2 Å². The van der Waals surface area contributed by atoms with E-state index in [-0.39, 0.29) is 6.54 Å². The second kappa shape index (κ2) is 7.49. The molecule has 8 heteroatoms. The second-order valence-electron chi connectivity index (χ2n) is 4.98. The lowest BCUT2D eigenvalue weighted by atomic mass is 10.2. The molecule has 2 rings (SSSR count). The van der Waals surface area contributed by atoms with Gasteiger partial charge >= 0.3 is 5.69 Å². The maximum atomic E-state index is 13.7. The van der Waals surface area contributed by atoms with Crippen LogP contribution in [0.1, 0.15) is 5.56 Å². The molecule has 24 heavy (non-hydrogen) atoms. The van der Waals surface area contributed by atoms with Crippen LogP contribution in [-0.4, -0.2) is 29.4 Å². The Hall–Kier alpha value is -3.03. The minimum absolute atomic E-state index is 0.00572. The summed E-state index contributed by atoms with van der Waals surface area (Å²) in [4.78, 5) is 23.2. The van der Waals surface area contributed by atoms with Crippen molar-refractivity contribution in [3.63, 3.8) is 0 Å². The molecule has 0 aliphatic carbocycles. The molecule has 0 aliphatic rings. The summed E-state index contributed by atoms with van der Waals surface area (Å²) in [6, 6.07) is 9.21. The maximum Gasteiger partial charge on any atom is 0.314 e. The van der Waals surface area contributed by atoms with Crippen molar-refractivity contribution in [2.75, 3.05) is 13.7 Å². The number of ether oxygens (including phenoxy) is 1. The van der Waals surface area contributed by atoms with Crippen LogP contribution in [-0.2, 0) is 11.3 Å². The molecule has 0 atom stereocenters. The molecule has 0 spiro atoms. The highest BCUT2D eigenvalue weighted by molar-refractivity contribution is 5.77. The number of nitro groups is 1. The number of para-hydroxylation sites is 1. The molecule has 0 heterocycles. The first-order valence-corrected chi connectivity index (χ1v) is 6.93. The van der Waals surface area contributed by atoms with E-state index in [0.29, 0.717) is 5.56 Å². The highest BCUT2D eigenvalue weighted by atomic mass is 19.1. The van der Waals surface area contributed by atoms with Crippen molar-refractivity contribution in [2.24, 2.45) is 0 Å². The summed E-state index contributed by atoms with van der Waals surface area (Å²) in [7, 11) is 1.42. The molecule has 0 N–H and O–H groups in total. The summed E-state index contributed by atoms with van der Waals surface area (Å²) < 4.78 is 32.2. The number of halogens is 2. The number of likely N-dealkylation sites (N-methyl/N-ethyl adjacent to an activating group) is 1. The van der Waals surface area contributed by atoms with Gasteiger partial charge in [0.25, 0.3) is 5.91 Å². The van der Waals surface area contributed by atoms with Crippen LogP contribution in [0.15, 0.2) is 42.5 Å². The van der Waals surface area contributed by atoms with Gasteiger partial charge in [0.15, 0.2) is 12.4 Å². The highest BCUT2D eigenvalue weighted by Crippen LogP contribution is 2.29. The molecule has 0 bridgehead atoms. The number of nitro benzene ring substituents is 1. The highest BCUT2D eigenvalue weighted by Gasteiger charge is 2.21. The number of hydrogen-bond donors (Lipinski definition) is 0. The molecule has 2 aromatic rings. The molecular formula is C16H14F2N2O4. The number of carbonyl (C=O) groups is 1. The third kappa shape index (κ3) is 4.03. The quantitative estimate of drug-likeness (QED) is 0.600. The van der Waals surface area contributed by atoms with Crippen molar-refractivity contribution in [2.45, 2.75) is 6.54 Å². The molecule has 0 saturated heterocycles. The van der Waals surface area contributed by atoms with Crippen molar-refractivity contribution in [3.05, 3.63) is 69.8 Å². The lowest BCUT2D eigenvalue weighted by Gasteiger charge is -2.18. The van der Waals surface area contributed by atoms with Gasteiger partial charge in [-0.25, -0.2) is 8.78 Å². The van der Waals surface area contributed by atoms with Crippen LogP contribution in [0.5, 0.6) is 5.75 Å². The number of benzene rings is 2. The minimum Gasteiger partial charge on any atom is -0.475 e. The van der Waals surface area contributed by atoms with Gasteiger partial charge in [0.2, 0.25) is 5.75 Å². The van der Waals surface area contributed by atoms with Crippen LogP contribution in [0.25, 0.3) is 0 Å². The van der Waals surface area contributed by atoms with E-state index in [1.165, 1.54) is 36.2 Å². The lowest BCUT2D eigenvalue weighted by molar-refractivity contribution is -0.386. The van der Waals surface area contributed by atoms with E-state index in [4.69, 9.17) is 4.74 Å². The van der Waals surface area contributed by atoms with Crippen LogP contribution in [0.4, 0.5) is 14.5 Å². The summed E-state index contributed by atoms with van der Waals surface area (Å²) in [6.45, 7) is -0.610. The fraction of sp³-hybridized carbons (Fsp3) is 0.188. The van der Waals surface area contributed by atoms with Gasteiger partial charge < -0.3 is 9.64 Å². The topological polar surface area (TPSA) is 72.7 Å². The standard InChI is InChI=1S/C16H14F2N2O4/c1-19(9-11-5-2-3-6-12(11)17)15(21)10-24-16-13(18)7-4-8-14(16)20(22)23/h2-8H,9-10H2,1H3. The predicted molar refractivity (Wildman–Crippen MR) is 81.4 cm³/mol. The van der Waals surface area contributed by atoms with Gasteiger partial charge in [-0.05, 0) is 12.1 Å². The van der Waals surface area contributed by atoms with E-state index in [1.54, 1.807) is 6.07 Å². The van der Waals surface area contributed by atoms with Gasteiger partial charge in [0.1, 0.15) is 5.82 Å². The summed E-state index contributed by atoms with van der Waals surface area (Å²) in [5.41, 5.74) is -0.259. The Morgan fingerprint density at radius 3 is 2.50 bits per heavy atom. The minimum atomic E-state index is -0.936. The van der Waals surface area contributed by atoms with Gasteiger partial charge in [-0.1, -0.05) is 24.3 Å². The Morgan fingerprint density at radius 2 is 1.83 bits per heavy atom. The van der Waals surface area contributed by atoms with Crippen LogP contribution >= 0.6 is 0 Å². The molecule has 126 valence electrons. The van der Waals surface area contributed by atoms with Gasteiger partial charge in [-0.15, -0.1) is 0 Å². The van der Waals surface area contributed by atoms with E-state index in [0.717, 1.165) is 12.1 Å². The van der Waals surface area contributed by atoms with E-state index in [1.807, 2.05) is 0 Å². The first kappa shape index (κ1) is 17.3. The number of nitrogens with zero attached hydrogens (tertiary/aromatic N) is 2. The van der Waals surface area contributed by atoms with Crippen molar-refractivity contribution in [3.8, 4) is 5.75 Å². The van der Waals surface area contributed by atoms with Gasteiger partial charge in [0, 0.05) is 25.2 Å². The monoisotopic (exact) mass is 336 g/mol. The molecule has 6 nitrogen and oxygen atoms in total. The molecule has 1 amide bonds. The molecule has 0 unspecified atom stereocenters. The van der Waals surface area contributed by atoms with Gasteiger partial charge in [-0.3, -0.25) is 14.9 Å². The fourth-order valence-corrected chi connectivity index (χ4v) is 2.00. The Morgan fingerprint density at radius 1 is 1.17 bits per heavy atom. The molecule has 2 aromatic carbocycles. The number of hydrogen-bond acceptors (Lipinski definition) is 4. The van der Waals surface area contributed by atoms with E-state index in [9.17, 15) is 23.7 Å². The summed E-state index contributed by atoms with van der Waals surface area (Å²) in [5, 5.41) is 10.9. The zero-order valence-corrected chi connectivity index (χ0v) is 12.7. The van der Waals surface area contributed by atoms with Crippen molar-refractivity contribution in [1.29, 1.82) is 0 Å². The van der Waals surface area contributed by atoms with Crippen molar-refractivity contribution >= 4 is 11.6 Å². The summed E-state index contributed by atoms with van der Waals surface area (Å²) in [5.74, 6) is -2.57. The SMILES string of the molecule is CN(Cc1ccccc1F)C(=O)COc1c(F)cccc1[N+](=O)[O-]. The zero-order valence-electron chi connectivity index (χ0n) is 12.7. The Kier molecular flexibility index (Phi) is 5.41. The van der Waals surface area contributed by atoms with Crippen LogP contribution < -0.4 is 4.74 Å². The summed E-state index contributed by atoms with van der Waals surface area (Å²) in [6.07, 6.45) is 0. The molecule has 0 aliphatic heterocycles. The van der Waals surface area contributed by atoms with Gasteiger partial charge in [-0.2, -0.15) is 0 Å². The summed E-state index contributed by atoms with van der Waals surface area (Å²) >= 11 is 0. The Bertz CT molecular complexity index is 767. The normalized spacial score (nSPS) is 10.3. The smallest absolute Gasteiger partial charge is 0.314 e. The first-order chi connectivity index (χ1) is 11.4. The zero-order chi connectivity index (χ0) is 17.7.